The van der Waals surface area contributed by atoms with Gasteiger partial charge in [-0.1, -0.05) is 6.92 Å². The monoisotopic (exact) mass is 349 g/mol. The summed E-state index contributed by atoms with van der Waals surface area (Å²) in [6.07, 6.45) is -2.33. The van der Waals surface area contributed by atoms with Crippen LogP contribution in [0.3, 0.4) is 0 Å². The van der Waals surface area contributed by atoms with E-state index in [1.165, 1.54) is 19.4 Å². The molecule has 1 unspecified atom stereocenters. The quantitative estimate of drug-likeness (QED) is 0.444. The van der Waals surface area contributed by atoms with E-state index in [0.29, 0.717) is 6.54 Å². The topological polar surface area (TPSA) is 135 Å². The Kier molecular flexibility index (Phi) is 6.42. The van der Waals surface area contributed by atoms with Crippen molar-refractivity contribution in [2.45, 2.75) is 31.5 Å². The van der Waals surface area contributed by atoms with E-state index in [1.54, 1.807) is 0 Å². The van der Waals surface area contributed by atoms with Gasteiger partial charge in [0.05, 0.1) is 6.61 Å². The first-order chi connectivity index (χ1) is 11.0. The second-order valence-electron chi connectivity index (χ2n) is 4.85. The number of aliphatic hydroxyl groups excluding tert-OH is 1. The molecule has 1 aromatic rings. The van der Waals surface area contributed by atoms with Gasteiger partial charge >= 0.3 is 5.69 Å². The number of H-pyrrole nitrogens is 1. The summed E-state index contributed by atoms with van der Waals surface area (Å²) in [6.45, 7) is 2.27. The van der Waals surface area contributed by atoms with Gasteiger partial charge in [0.15, 0.2) is 6.23 Å². The lowest BCUT2D eigenvalue weighted by atomic mass is 10.1. The minimum atomic E-state index is -1.81. The van der Waals surface area contributed by atoms with Crippen molar-refractivity contribution in [2.75, 3.05) is 20.3 Å². The fraction of sp³-hybridized carbons (Fsp3) is 0.667. The molecule has 1 aliphatic rings. The molecule has 1 aliphatic heterocycles. The number of nitrogens with zero attached hydrogens (tertiary/aromatic N) is 1. The van der Waals surface area contributed by atoms with Crippen LogP contribution in [0, 0.1) is 0 Å². The van der Waals surface area contributed by atoms with Crippen molar-refractivity contribution >= 4 is 8.53 Å². The van der Waals surface area contributed by atoms with Gasteiger partial charge < -0.3 is 24.0 Å². The van der Waals surface area contributed by atoms with Gasteiger partial charge in [-0.15, -0.1) is 0 Å². The van der Waals surface area contributed by atoms with Gasteiger partial charge in [0.25, 0.3) is 14.1 Å². The summed E-state index contributed by atoms with van der Waals surface area (Å²) in [4.78, 5) is 34.7. The second kappa shape index (κ2) is 8.11. The predicted molar refractivity (Wildman–Crippen MR) is 80.8 cm³/mol. The maximum atomic E-state index is 11.9. The predicted octanol–water partition coefficient (Wildman–Crippen LogP) is -1.34. The van der Waals surface area contributed by atoms with Crippen LogP contribution < -0.4 is 16.3 Å². The number of aromatic amines is 1. The molecule has 0 spiro atoms. The zero-order valence-electron chi connectivity index (χ0n) is 12.7. The summed E-state index contributed by atoms with van der Waals surface area (Å²) in [5.41, 5.74) is -1.20. The normalized spacial score (nSPS) is 28.9. The van der Waals surface area contributed by atoms with Crippen molar-refractivity contribution < 1.29 is 24.0 Å². The van der Waals surface area contributed by atoms with E-state index in [-0.39, 0.29) is 6.61 Å². The lowest BCUT2D eigenvalue weighted by Gasteiger charge is -2.19. The van der Waals surface area contributed by atoms with Gasteiger partial charge in [-0.2, -0.15) is 0 Å². The summed E-state index contributed by atoms with van der Waals surface area (Å²) in [6, 6.07) is 1.17. The molecule has 1 saturated heterocycles. The maximum absolute atomic E-state index is 11.9. The smallest absolute Gasteiger partial charge is 0.330 e. The molecular weight excluding hydrogens is 329 g/mol. The van der Waals surface area contributed by atoms with Gasteiger partial charge in [-0.3, -0.25) is 19.4 Å². The van der Waals surface area contributed by atoms with E-state index < -0.39 is 44.3 Å². The molecule has 130 valence electrons. The summed E-state index contributed by atoms with van der Waals surface area (Å²) < 4.78 is 17.1. The highest BCUT2D eigenvalue weighted by Crippen LogP contribution is 2.33. The van der Waals surface area contributed by atoms with E-state index in [4.69, 9.17) is 14.0 Å². The first-order valence-corrected chi connectivity index (χ1v) is 8.22. The van der Waals surface area contributed by atoms with Crippen LogP contribution in [0.4, 0.5) is 0 Å². The van der Waals surface area contributed by atoms with Gasteiger partial charge in [0, 0.05) is 25.9 Å². The molecule has 1 fully saturated rings. The highest BCUT2D eigenvalue weighted by molar-refractivity contribution is 7.43. The molecular formula is C12H20N3O7P. The van der Waals surface area contributed by atoms with Gasteiger partial charge in [0.2, 0.25) is 0 Å². The molecule has 23 heavy (non-hydrogen) atoms. The summed E-state index contributed by atoms with van der Waals surface area (Å²) in [5, 5.41) is 13.0. The molecule has 2 heterocycles. The molecule has 1 aromatic heterocycles. The van der Waals surface area contributed by atoms with Crippen LogP contribution in [0.25, 0.3) is 0 Å². The molecule has 4 N–H and O–H groups in total. The molecule has 10 nitrogen and oxygen atoms in total. The highest BCUT2D eigenvalue weighted by Gasteiger charge is 2.45. The first kappa shape index (κ1) is 18.2. The van der Waals surface area contributed by atoms with Crippen LogP contribution in [0.2, 0.25) is 0 Å². The molecule has 0 amide bonds. The Labute approximate surface area is 133 Å². The first-order valence-electron chi connectivity index (χ1n) is 7.01. The number of methoxy groups -OCH3 is 1. The van der Waals surface area contributed by atoms with E-state index in [0.717, 1.165) is 4.57 Å². The van der Waals surface area contributed by atoms with E-state index in [9.17, 15) is 19.6 Å². The third-order valence-corrected chi connectivity index (χ3v) is 4.35. The summed E-state index contributed by atoms with van der Waals surface area (Å²) >= 11 is 0. The maximum Gasteiger partial charge on any atom is 0.330 e. The Morgan fingerprint density at radius 3 is 2.87 bits per heavy atom. The molecule has 0 aromatic carbocycles. The lowest BCUT2D eigenvalue weighted by Crippen LogP contribution is -2.38. The van der Waals surface area contributed by atoms with Crippen LogP contribution >= 0.6 is 8.53 Å². The molecule has 0 bridgehead atoms. The van der Waals surface area contributed by atoms with Gasteiger partial charge in [-0.05, 0) is 0 Å². The van der Waals surface area contributed by atoms with Crippen molar-refractivity contribution in [1.29, 1.82) is 0 Å². The minimum absolute atomic E-state index is 0.0785. The Morgan fingerprint density at radius 1 is 1.52 bits per heavy atom. The van der Waals surface area contributed by atoms with Crippen molar-refractivity contribution in [1.82, 2.24) is 14.6 Å². The molecule has 11 heteroatoms. The fourth-order valence-electron chi connectivity index (χ4n) is 2.29. The second-order valence-corrected chi connectivity index (χ2v) is 5.97. The number of rotatable bonds is 7. The largest absolute Gasteiger partial charge is 0.387 e. The van der Waals surface area contributed by atoms with Crippen molar-refractivity contribution in [3.63, 3.8) is 0 Å². The van der Waals surface area contributed by atoms with Crippen molar-refractivity contribution in [2.24, 2.45) is 0 Å². The van der Waals surface area contributed by atoms with Crippen molar-refractivity contribution in [3.8, 4) is 0 Å². The van der Waals surface area contributed by atoms with Crippen LogP contribution in [0.15, 0.2) is 21.9 Å². The highest BCUT2D eigenvalue weighted by atomic mass is 31.2. The van der Waals surface area contributed by atoms with Crippen LogP contribution in [-0.2, 0) is 14.0 Å². The lowest BCUT2D eigenvalue weighted by molar-refractivity contribution is -0.0603. The molecule has 0 radical (unpaired) electrons. The number of hydrogen-bond acceptors (Lipinski definition) is 8. The van der Waals surface area contributed by atoms with E-state index in [2.05, 4.69) is 10.1 Å². The van der Waals surface area contributed by atoms with Gasteiger partial charge in [-0.25, -0.2) is 4.79 Å². The summed E-state index contributed by atoms with van der Waals surface area (Å²) in [5.74, 6) is 0. The molecule has 2 rings (SSSR count). The van der Waals surface area contributed by atoms with Crippen LogP contribution in [0.1, 0.15) is 13.2 Å². The number of hydrogen-bond donors (Lipinski definition) is 4. The van der Waals surface area contributed by atoms with Gasteiger partial charge in [0.1, 0.15) is 18.3 Å². The average Bonchev–Trinajstić information content (AvgIpc) is 2.81. The SMILES string of the molecule is CCNP(O)OC[C@H]1O[C@@H](n2ccc(=O)[nH]c2=O)[C@H](OC)[C@@H]1O. The third kappa shape index (κ3) is 4.24. The zero-order chi connectivity index (χ0) is 17.0. The van der Waals surface area contributed by atoms with Crippen molar-refractivity contribution in [3.05, 3.63) is 33.1 Å². The number of ether oxygens (including phenoxy) is 2. The standard InChI is InChI=1S/C12H20N3O7P/c1-3-13-23(19)21-6-7-9(17)10(20-2)11(22-7)15-5-4-8(16)14-12(15)18/h4-5,7,9-11,13,17,19H,3,6H2,1-2H3,(H,14,16,18)/t7-,9-,10-,11-,23?/m1/s1. The number of aliphatic hydroxyl groups is 1. The van der Waals surface area contributed by atoms with E-state index >= 15 is 0 Å². The number of aromatic nitrogens is 2. The third-order valence-electron chi connectivity index (χ3n) is 3.36. The molecule has 0 saturated carbocycles. The van der Waals surface area contributed by atoms with Crippen LogP contribution in [-0.4, -0.2) is 58.1 Å². The molecule has 5 atom stereocenters. The number of nitrogens with one attached hydrogen (secondary N) is 2. The Bertz CT molecular complexity index is 621. The zero-order valence-corrected chi connectivity index (χ0v) is 13.6. The minimum Gasteiger partial charge on any atom is -0.387 e. The molecule has 0 aliphatic carbocycles. The summed E-state index contributed by atoms with van der Waals surface area (Å²) in [7, 11) is -0.435. The average molecular weight is 349 g/mol. The Balaban J connectivity index is 2.12. The fourth-order valence-corrected chi connectivity index (χ4v) is 2.94. The Morgan fingerprint density at radius 2 is 2.26 bits per heavy atom. The van der Waals surface area contributed by atoms with E-state index in [1.807, 2.05) is 6.92 Å². The Hall–Kier alpha value is -1.13. The van der Waals surface area contributed by atoms with Crippen LogP contribution in [0.5, 0.6) is 0 Å².